The highest BCUT2D eigenvalue weighted by atomic mass is 79.9. The minimum absolute atomic E-state index is 0.0801. The second-order valence-electron chi connectivity index (χ2n) is 6.27. The molecule has 5 nitrogen and oxygen atoms in total. The molecule has 3 rings (SSSR count). The minimum Gasteiger partial charge on any atom is -0.349 e. The van der Waals surface area contributed by atoms with Crippen LogP contribution in [0.15, 0.2) is 39.9 Å². The van der Waals surface area contributed by atoms with Crippen LogP contribution < -0.4 is 10.9 Å². The summed E-state index contributed by atoms with van der Waals surface area (Å²) in [5.74, 6) is -0.0986. The number of fused-ring (bicyclic) bond motifs is 1. The predicted molar refractivity (Wildman–Crippen MR) is 109 cm³/mol. The van der Waals surface area contributed by atoms with Gasteiger partial charge in [0.05, 0.1) is 17.8 Å². The molecule has 2 heterocycles. The second-order valence-corrected chi connectivity index (χ2v) is 8.32. The van der Waals surface area contributed by atoms with Crippen LogP contribution in [0, 0.1) is 13.8 Å². The van der Waals surface area contributed by atoms with Gasteiger partial charge in [0.1, 0.15) is 4.83 Å². The van der Waals surface area contributed by atoms with E-state index in [4.69, 9.17) is 0 Å². The third kappa shape index (κ3) is 3.73. The van der Waals surface area contributed by atoms with Gasteiger partial charge in [0.25, 0.3) is 5.56 Å². The van der Waals surface area contributed by atoms with E-state index < -0.39 is 0 Å². The first-order chi connectivity index (χ1) is 12.4. The molecule has 0 radical (unpaired) electrons. The molecular weight excluding hydrogens is 414 g/mol. The highest BCUT2D eigenvalue weighted by molar-refractivity contribution is 9.10. The van der Waals surface area contributed by atoms with Crippen LogP contribution in [0.3, 0.4) is 0 Å². The summed E-state index contributed by atoms with van der Waals surface area (Å²) in [7, 11) is 0. The molecule has 3 aromatic rings. The Hall–Kier alpha value is -1.99. The molecule has 1 aromatic carbocycles. The van der Waals surface area contributed by atoms with E-state index >= 15 is 0 Å². The monoisotopic (exact) mass is 433 g/mol. The van der Waals surface area contributed by atoms with E-state index in [2.05, 4.69) is 26.2 Å². The van der Waals surface area contributed by atoms with Crippen LogP contribution >= 0.6 is 27.3 Å². The molecule has 1 amide bonds. The van der Waals surface area contributed by atoms with E-state index in [0.29, 0.717) is 11.9 Å². The number of hydrogen-bond acceptors (Lipinski definition) is 4. The molecule has 0 saturated heterocycles. The van der Waals surface area contributed by atoms with Crippen molar-refractivity contribution in [3.8, 4) is 0 Å². The Labute approximate surface area is 164 Å². The number of benzene rings is 1. The Morgan fingerprint density at radius 1 is 1.35 bits per heavy atom. The van der Waals surface area contributed by atoms with Gasteiger partial charge in [0, 0.05) is 22.3 Å². The normalized spacial score (nSPS) is 12.3. The third-order valence-electron chi connectivity index (χ3n) is 4.48. The van der Waals surface area contributed by atoms with Gasteiger partial charge in [0.2, 0.25) is 5.91 Å². The van der Waals surface area contributed by atoms with Crippen molar-refractivity contribution in [3.05, 3.63) is 61.4 Å². The average Bonchev–Trinajstić information content (AvgIpc) is 2.89. The van der Waals surface area contributed by atoms with Crippen LogP contribution in [0.25, 0.3) is 10.2 Å². The van der Waals surface area contributed by atoms with E-state index in [9.17, 15) is 9.59 Å². The lowest BCUT2D eigenvalue weighted by molar-refractivity contribution is -0.121. The lowest BCUT2D eigenvalue weighted by atomic mass is 10.1. The van der Waals surface area contributed by atoms with E-state index in [1.54, 1.807) is 0 Å². The summed E-state index contributed by atoms with van der Waals surface area (Å²) >= 11 is 5.02. The Kier molecular flexibility index (Phi) is 5.58. The number of carbonyl (C=O) groups is 1. The number of nitrogens with zero attached hydrogens (tertiary/aromatic N) is 2. The first kappa shape index (κ1) is 18.8. The maximum absolute atomic E-state index is 12.7. The molecule has 0 aliphatic rings. The molecule has 0 aliphatic heterocycles. The number of carbonyl (C=O) groups excluding carboxylic acids is 1. The van der Waals surface area contributed by atoms with Crippen molar-refractivity contribution in [2.24, 2.45) is 0 Å². The molecule has 0 fully saturated rings. The number of aromatic nitrogens is 2. The van der Waals surface area contributed by atoms with E-state index in [0.717, 1.165) is 25.3 Å². The van der Waals surface area contributed by atoms with Gasteiger partial charge in [-0.3, -0.25) is 14.2 Å². The first-order valence-corrected chi connectivity index (χ1v) is 9.98. The highest BCUT2D eigenvalue weighted by Gasteiger charge is 2.14. The largest absolute Gasteiger partial charge is 0.349 e. The first-order valence-electron chi connectivity index (χ1n) is 8.37. The molecule has 0 saturated carbocycles. The summed E-state index contributed by atoms with van der Waals surface area (Å²) in [5.41, 5.74) is 1.91. The van der Waals surface area contributed by atoms with Crippen molar-refractivity contribution in [1.29, 1.82) is 0 Å². The highest BCUT2D eigenvalue weighted by Crippen LogP contribution is 2.25. The number of aryl methyl sites for hydroxylation is 3. The quantitative estimate of drug-likeness (QED) is 0.658. The third-order valence-corrected chi connectivity index (χ3v) is 6.32. The van der Waals surface area contributed by atoms with Gasteiger partial charge in [0.15, 0.2) is 0 Å². The Morgan fingerprint density at radius 2 is 2.08 bits per heavy atom. The molecule has 0 spiro atoms. The standard InChI is InChI=1S/C19H20BrN3O2S/c1-11-13(3)26-18-17(11)19(25)23(10-21-18)9-8-16(24)22-12(2)14-6-4-5-7-15(14)20/h4-7,10,12H,8-9H2,1-3H3,(H,22,24). The van der Waals surface area contributed by atoms with E-state index in [-0.39, 0.29) is 23.9 Å². The zero-order valence-corrected chi connectivity index (χ0v) is 17.3. The van der Waals surface area contributed by atoms with Crippen molar-refractivity contribution >= 4 is 43.4 Å². The SMILES string of the molecule is Cc1sc2ncn(CCC(=O)NC(C)c3ccccc3Br)c(=O)c2c1C. The summed E-state index contributed by atoms with van der Waals surface area (Å²) in [5, 5.41) is 3.64. The van der Waals surface area contributed by atoms with Gasteiger partial charge < -0.3 is 5.32 Å². The number of rotatable bonds is 5. The maximum atomic E-state index is 12.7. The zero-order valence-electron chi connectivity index (χ0n) is 14.9. The molecule has 0 bridgehead atoms. The van der Waals surface area contributed by atoms with E-state index in [1.165, 1.54) is 22.2 Å². The van der Waals surface area contributed by atoms with Crippen LogP contribution in [-0.2, 0) is 11.3 Å². The number of nitrogens with one attached hydrogen (secondary N) is 1. The van der Waals surface area contributed by atoms with Crippen molar-refractivity contribution in [2.45, 2.75) is 39.8 Å². The van der Waals surface area contributed by atoms with Crippen LogP contribution in [0.5, 0.6) is 0 Å². The van der Waals surface area contributed by atoms with E-state index in [1.807, 2.05) is 45.0 Å². The summed E-state index contributed by atoms with van der Waals surface area (Å²) in [6.07, 6.45) is 1.76. The Balaban J connectivity index is 1.69. The lowest BCUT2D eigenvalue weighted by Crippen LogP contribution is -2.29. The van der Waals surface area contributed by atoms with Gasteiger partial charge in [-0.25, -0.2) is 4.98 Å². The van der Waals surface area contributed by atoms with Gasteiger partial charge in [-0.05, 0) is 38.0 Å². The van der Waals surface area contributed by atoms with Crippen molar-refractivity contribution in [1.82, 2.24) is 14.9 Å². The van der Waals surface area contributed by atoms with Crippen LogP contribution in [-0.4, -0.2) is 15.5 Å². The fraction of sp³-hybridized carbons (Fsp3) is 0.316. The molecule has 2 aromatic heterocycles. The number of amides is 1. The summed E-state index contributed by atoms with van der Waals surface area (Å²) in [4.78, 5) is 31.2. The minimum atomic E-state index is -0.114. The zero-order chi connectivity index (χ0) is 18.8. The fourth-order valence-electron chi connectivity index (χ4n) is 2.87. The Morgan fingerprint density at radius 3 is 2.81 bits per heavy atom. The molecule has 136 valence electrons. The van der Waals surface area contributed by atoms with Gasteiger partial charge in [-0.1, -0.05) is 34.1 Å². The van der Waals surface area contributed by atoms with Gasteiger partial charge in [-0.15, -0.1) is 11.3 Å². The van der Waals surface area contributed by atoms with Crippen LogP contribution in [0.2, 0.25) is 0 Å². The average molecular weight is 434 g/mol. The molecule has 1 atom stereocenters. The topological polar surface area (TPSA) is 64.0 Å². The summed E-state index contributed by atoms with van der Waals surface area (Å²) in [6, 6.07) is 7.68. The number of hydrogen-bond donors (Lipinski definition) is 1. The van der Waals surface area contributed by atoms with Crippen molar-refractivity contribution in [2.75, 3.05) is 0 Å². The maximum Gasteiger partial charge on any atom is 0.262 e. The van der Waals surface area contributed by atoms with Crippen molar-refractivity contribution in [3.63, 3.8) is 0 Å². The number of halogens is 1. The van der Waals surface area contributed by atoms with Crippen LogP contribution in [0.4, 0.5) is 0 Å². The molecule has 26 heavy (non-hydrogen) atoms. The molecular formula is C19H20BrN3O2S. The summed E-state index contributed by atoms with van der Waals surface area (Å²) in [6.45, 7) is 6.18. The molecule has 0 aliphatic carbocycles. The molecule has 1 N–H and O–H groups in total. The molecule has 7 heteroatoms. The second kappa shape index (κ2) is 7.72. The van der Waals surface area contributed by atoms with Gasteiger partial charge in [-0.2, -0.15) is 0 Å². The molecule has 1 unspecified atom stereocenters. The van der Waals surface area contributed by atoms with Crippen LogP contribution in [0.1, 0.15) is 35.4 Å². The van der Waals surface area contributed by atoms with Gasteiger partial charge >= 0.3 is 0 Å². The number of thiophene rings is 1. The fourth-order valence-corrected chi connectivity index (χ4v) is 4.48. The smallest absolute Gasteiger partial charge is 0.262 e. The van der Waals surface area contributed by atoms with Crippen molar-refractivity contribution < 1.29 is 4.79 Å². The lowest BCUT2D eigenvalue weighted by Gasteiger charge is -2.16. The predicted octanol–water partition coefficient (Wildman–Crippen LogP) is 4.10. The Bertz CT molecular complexity index is 1030. The summed E-state index contributed by atoms with van der Waals surface area (Å²) < 4.78 is 2.48.